The highest BCUT2D eigenvalue weighted by atomic mass is 16.6. The lowest BCUT2D eigenvalue weighted by Crippen LogP contribution is -2.29. The lowest BCUT2D eigenvalue weighted by molar-refractivity contribution is -0.155. The van der Waals surface area contributed by atoms with Crippen molar-refractivity contribution in [2.75, 3.05) is 27.2 Å². The summed E-state index contributed by atoms with van der Waals surface area (Å²) in [5, 5.41) is 0. The molecule has 0 radical (unpaired) electrons. The second-order valence-corrected chi connectivity index (χ2v) is 5.26. The smallest absolute Gasteiger partial charge is 0.306 e. The maximum atomic E-state index is 11.6. The number of carbonyl (C=O) groups is 1. The van der Waals surface area contributed by atoms with Crippen LogP contribution < -0.4 is 0 Å². The molecule has 0 heterocycles. The zero-order valence-corrected chi connectivity index (χ0v) is 10.9. The molecule has 0 aromatic carbocycles. The van der Waals surface area contributed by atoms with Crippen LogP contribution in [0, 0.1) is 12.5 Å². The van der Waals surface area contributed by atoms with Gasteiger partial charge in [0.15, 0.2) is 0 Å². The number of hydrogen-bond acceptors (Lipinski definition) is 3. The molecule has 0 rings (SSSR count). The van der Waals surface area contributed by atoms with E-state index in [0.29, 0.717) is 13.0 Å². The third kappa shape index (κ3) is 8.25. The van der Waals surface area contributed by atoms with E-state index >= 15 is 0 Å². The Morgan fingerprint density at radius 2 is 2.00 bits per heavy atom. The van der Waals surface area contributed by atoms with Crippen molar-refractivity contribution in [3.63, 3.8) is 0 Å². The van der Waals surface area contributed by atoms with Crippen LogP contribution in [-0.4, -0.2) is 43.7 Å². The van der Waals surface area contributed by atoms with Gasteiger partial charge >= 0.3 is 5.97 Å². The van der Waals surface area contributed by atoms with Crippen LogP contribution >= 0.6 is 0 Å². The second-order valence-electron chi connectivity index (χ2n) is 5.26. The summed E-state index contributed by atoms with van der Waals surface area (Å²) in [4.78, 5) is 16.9. The van der Waals surface area contributed by atoms with Crippen LogP contribution in [0.3, 0.4) is 0 Å². The molecule has 1 atom stereocenters. The van der Waals surface area contributed by atoms with E-state index in [1.165, 1.54) is 0 Å². The van der Waals surface area contributed by atoms with Crippen LogP contribution in [0.2, 0.25) is 0 Å². The van der Waals surface area contributed by atoms with E-state index in [-0.39, 0.29) is 11.9 Å². The molecule has 0 bridgehead atoms. The first kappa shape index (κ1) is 14.9. The molecule has 0 amide bonds. The standard InChI is InChI=1S/C12H22N2O2/c1-12(2,3)16-11(15)7-10(8-13-4)9-14(5)6/h10H,7-9H2,1-3,5-6H3/t10-/m0/s1. The van der Waals surface area contributed by atoms with Crippen LogP contribution in [0.1, 0.15) is 27.2 Å². The minimum absolute atomic E-state index is 0.0577. The Kier molecular flexibility index (Phi) is 6.05. The summed E-state index contributed by atoms with van der Waals surface area (Å²) in [5.41, 5.74) is -0.447. The van der Waals surface area contributed by atoms with Crippen molar-refractivity contribution in [3.05, 3.63) is 11.4 Å². The molecule has 0 aliphatic carbocycles. The van der Waals surface area contributed by atoms with Crippen molar-refractivity contribution in [1.82, 2.24) is 4.90 Å². The number of esters is 1. The Bertz CT molecular complexity index is 261. The molecular weight excluding hydrogens is 204 g/mol. The highest BCUT2D eigenvalue weighted by molar-refractivity contribution is 5.70. The summed E-state index contributed by atoms with van der Waals surface area (Å²) in [6, 6.07) is 0. The van der Waals surface area contributed by atoms with Gasteiger partial charge in [-0.1, -0.05) is 0 Å². The molecule has 0 aliphatic rings. The third-order valence-corrected chi connectivity index (χ3v) is 1.85. The Morgan fingerprint density at radius 1 is 1.44 bits per heavy atom. The summed E-state index contributed by atoms with van der Waals surface area (Å²) >= 11 is 0. The predicted octanol–water partition coefficient (Wildman–Crippen LogP) is 1.82. The van der Waals surface area contributed by atoms with Gasteiger partial charge in [0.25, 0.3) is 0 Å². The van der Waals surface area contributed by atoms with Crippen molar-refractivity contribution in [2.45, 2.75) is 32.8 Å². The van der Waals surface area contributed by atoms with Gasteiger partial charge in [0.05, 0.1) is 12.3 Å². The first-order chi connectivity index (χ1) is 7.24. The number of hydrogen-bond donors (Lipinski definition) is 0. The summed E-state index contributed by atoms with van der Waals surface area (Å²) < 4.78 is 5.24. The van der Waals surface area contributed by atoms with Crippen molar-refractivity contribution in [2.24, 2.45) is 5.92 Å². The molecule has 0 aromatic heterocycles. The topological polar surface area (TPSA) is 33.9 Å². The maximum Gasteiger partial charge on any atom is 0.306 e. The molecule has 0 saturated carbocycles. The van der Waals surface area contributed by atoms with Crippen molar-refractivity contribution >= 4 is 5.97 Å². The molecule has 0 fully saturated rings. The SMILES string of the molecule is [C-]#[N+]C[C@H](CC(=O)OC(C)(C)C)CN(C)C. The van der Waals surface area contributed by atoms with Gasteiger partial charge in [0, 0.05) is 6.54 Å². The minimum Gasteiger partial charge on any atom is -0.460 e. The lowest BCUT2D eigenvalue weighted by Gasteiger charge is -2.21. The Morgan fingerprint density at radius 3 is 2.38 bits per heavy atom. The third-order valence-electron chi connectivity index (χ3n) is 1.85. The van der Waals surface area contributed by atoms with Gasteiger partial charge in [-0.05, 0) is 34.9 Å². The second kappa shape index (κ2) is 6.49. The Balaban J connectivity index is 4.19. The highest BCUT2D eigenvalue weighted by Crippen LogP contribution is 2.12. The van der Waals surface area contributed by atoms with E-state index in [4.69, 9.17) is 11.3 Å². The molecule has 0 N–H and O–H groups in total. The summed E-state index contributed by atoms with van der Waals surface area (Å²) in [6.07, 6.45) is 0.317. The molecule has 0 aromatic rings. The fraction of sp³-hybridized carbons (Fsp3) is 0.833. The number of nitrogens with zero attached hydrogens (tertiary/aromatic N) is 2. The van der Waals surface area contributed by atoms with E-state index in [1.807, 2.05) is 39.8 Å². The molecule has 16 heavy (non-hydrogen) atoms. The van der Waals surface area contributed by atoms with Gasteiger partial charge < -0.3 is 14.5 Å². The van der Waals surface area contributed by atoms with Gasteiger partial charge in [0.2, 0.25) is 6.54 Å². The van der Waals surface area contributed by atoms with Gasteiger partial charge in [-0.15, -0.1) is 0 Å². The van der Waals surface area contributed by atoms with Crippen LogP contribution in [0.5, 0.6) is 0 Å². The summed E-state index contributed by atoms with van der Waals surface area (Å²) in [5.74, 6) is -0.162. The Labute approximate surface area is 98.4 Å². The van der Waals surface area contributed by atoms with Crippen molar-refractivity contribution in [3.8, 4) is 0 Å². The molecule has 4 heteroatoms. The number of ether oxygens (including phenoxy) is 1. The Hall–Kier alpha value is -1.08. The average Bonchev–Trinajstić information content (AvgIpc) is 1.98. The van der Waals surface area contributed by atoms with Crippen LogP contribution in [0.15, 0.2) is 0 Å². The average molecular weight is 226 g/mol. The number of rotatable bonds is 5. The monoisotopic (exact) mass is 226 g/mol. The highest BCUT2D eigenvalue weighted by Gasteiger charge is 2.22. The fourth-order valence-corrected chi connectivity index (χ4v) is 1.45. The van der Waals surface area contributed by atoms with Gasteiger partial charge in [-0.2, -0.15) is 0 Å². The van der Waals surface area contributed by atoms with E-state index in [1.54, 1.807) is 0 Å². The molecule has 0 spiro atoms. The zero-order valence-electron chi connectivity index (χ0n) is 10.9. The minimum atomic E-state index is -0.447. The first-order valence-electron chi connectivity index (χ1n) is 5.44. The van der Waals surface area contributed by atoms with Crippen molar-refractivity contribution < 1.29 is 9.53 Å². The summed E-state index contributed by atoms with van der Waals surface area (Å²) in [6.45, 7) is 13.5. The summed E-state index contributed by atoms with van der Waals surface area (Å²) in [7, 11) is 3.87. The molecule has 0 aliphatic heterocycles. The van der Waals surface area contributed by atoms with Crippen molar-refractivity contribution in [1.29, 1.82) is 0 Å². The largest absolute Gasteiger partial charge is 0.460 e. The number of carbonyl (C=O) groups excluding carboxylic acids is 1. The lowest BCUT2D eigenvalue weighted by atomic mass is 10.1. The van der Waals surface area contributed by atoms with Crippen LogP contribution in [0.4, 0.5) is 0 Å². The molecule has 4 nitrogen and oxygen atoms in total. The molecule has 0 saturated heterocycles. The predicted molar refractivity (Wildman–Crippen MR) is 64.0 cm³/mol. The van der Waals surface area contributed by atoms with Gasteiger partial charge in [0.1, 0.15) is 5.60 Å². The van der Waals surface area contributed by atoms with E-state index in [2.05, 4.69) is 4.85 Å². The van der Waals surface area contributed by atoms with E-state index in [9.17, 15) is 4.79 Å². The fourth-order valence-electron chi connectivity index (χ4n) is 1.45. The molecule has 0 unspecified atom stereocenters. The van der Waals surface area contributed by atoms with Gasteiger partial charge in [-0.3, -0.25) is 4.79 Å². The van der Waals surface area contributed by atoms with E-state index < -0.39 is 5.60 Å². The molecule has 92 valence electrons. The van der Waals surface area contributed by atoms with Crippen LogP contribution in [-0.2, 0) is 9.53 Å². The van der Waals surface area contributed by atoms with Gasteiger partial charge in [-0.25, -0.2) is 6.57 Å². The van der Waals surface area contributed by atoms with E-state index in [0.717, 1.165) is 6.54 Å². The maximum absolute atomic E-state index is 11.6. The normalized spacial score (nSPS) is 13.3. The quantitative estimate of drug-likeness (QED) is 0.529. The van der Waals surface area contributed by atoms with Crippen LogP contribution in [0.25, 0.3) is 4.85 Å². The molecular formula is C12H22N2O2. The first-order valence-corrected chi connectivity index (χ1v) is 5.44. The zero-order chi connectivity index (χ0) is 12.8.